The van der Waals surface area contributed by atoms with Crippen LogP contribution < -0.4 is 11.1 Å². The van der Waals surface area contributed by atoms with Gasteiger partial charge in [-0.1, -0.05) is 26.7 Å². The molecule has 18 heavy (non-hydrogen) atoms. The van der Waals surface area contributed by atoms with Gasteiger partial charge in [-0.05, 0) is 26.2 Å². The Labute approximate surface area is 110 Å². The van der Waals surface area contributed by atoms with Crippen molar-refractivity contribution < 1.29 is 9.53 Å². The molecular formula is C14H26N2O2. The lowest BCUT2D eigenvalue weighted by Gasteiger charge is -2.59. The van der Waals surface area contributed by atoms with Gasteiger partial charge in [-0.3, -0.25) is 4.79 Å². The fraction of sp³-hybridized carbons (Fsp3) is 0.929. The summed E-state index contributed by atoms with van der Waals surface area (Å²) >= 11 is 0. The average molecular weight is 254 g/mol. The molecule has 0 saturated heterocycles. The topological polar surface area (TPSA) is 64.3 Å². The van der Waals surface area contributed by atoms with E-state index in [1.807, 2.05) is 0 Å². The van der Waals surface area contributed by atoms with E-state index in [4.69, 9.17) is 10.5 Å². The van der Waals surface area contributed by atoms with Crippen molar-refractivity contribution in [3.63, 3.8) is 0 Å². The van der Waals surface area contributed by atoms with Crippen LogP contribution in [0.4, 0.5) is 0 Å². The van der Waals surface area contributed by atoms with E-state index in [1.54, 1.807) is 7.11 Å². The van der Waals surface area contributed by atoms with Gasteiger partial charge in [0.25, 0.3) is 0 Å². The minimum absolute atomic E-state index is 0.0243. The second-order valence-electron chi connectivity index (χ2n) is 6.75. The predicted molar refractivity (Wildman–Crippen MR) is 71.1 cm³/mol. The van der Waals surface area contributed by atoms with Gasteiger partial charge >= 0.3 is 0 Å². The maximum atomic E-state index is 12.3. The lowest BCUT2D eigenvalue weighted by molar-refractivity contribution is -0.183. The van der Waals surface area contributed by atoms with Crippen molar-refractivity contribution in [3.05, 3.63) is 0 Å². The van der Waals surface area contributed by atoms with Crippen LogP contribution in [0.3, 0.4) is 0 Å². The van der Waals surface area contributed by atoms with Crippen molar-refractivity contribution in [2.75, 3.05) is 7.11 Å². The molecule has 0 radical (unpaired) electrons. The molecule has 4 nitrogen and oxygen atoms in total. The van der Waals surface area contributed by atoms with E-state index in [2.05, 4.69) is 26.1 Å². The van der Waals surface area contributed by atoms with Crippen molar-refractivity contribution in [3.8, 4) is 0 Å². The quantitative estimate of drug-likeness (QED) is 0.803. The molecule has 2 atom stereocenters. The number of ether oxygens (including phenoxy) is 1. The summed E-state index contributed by atoms with van der Waals surface area (Å²) in [6, 6.07) is 0.163. The van der Waals surface area contributed by atoms with Gasteiger partial charge in [0.15, 0.2) is 0 Å². The van der Waals surface area contributed by atoms with Crippen LogP contribution in [0.5, 0.6) is 0 Å². The normalized spacial score (nSPS) is 37.1. The summed E-state index contributed by atoms with van der Waals surface area (Å²) in [4.78, 5) is 12.3. The SMILES string of the molecule is COC1(C)CC(NC(=O)C2(N)CCCC2)C1(C)C. The number of carbonyl (C=O) groups excluding carboxylic acids is 1. The molecular weight excluding hydrogens is 228 g/mol. The average Bonchev–Trinajstić information content (AvgIpc) is 2.76. The fourth-order valence-electron chi connectivity index (χ4n) is 3.26. The second kappa shape index (κ2) is 4.20. The Morgan fingerprint density at radius 3 is 2.28 bits per heavy atom. The van der Waals surface area contributed by atoms with E-state index in [1.165, 1.54) is 0 Å². The summed E-state index contributed by atoms with van der Waals surface area (Å²) in [7, 11) is 1.74. The van der Waals surface area contributed by atoms with Crippen LogP contribution in [-0.4, -0.2) is 30.2 Å². The van der Waals surface area contributed by atoms with E-state index >= 15 is 0 Å². The number of nitrogens with two attached hydrogens (primary N) is 1. The summed E-state index contributed by atoms with van der Waals surface area (Å²) in [6.07, 6.45) is 4.61. The van der Waals surface area contributed by atoms with E-state index in [0.29, 0.717) is 0 Å². The zero-order valence-electron chi connectivity index (χ0n) is 12.0. The molecule has 0 heterocycles. The molecule has 0 aliphatic heterocycles. The lowest BCUT2D eigenvalue weighted by atomic mass is 9.55. The Morgan fingerprint density at radius 2 is 1.83 bits per heavy atom. The number of rotatable bonds is 3. The third-order valence-corrected chi connectivity index (χ3v) is 5.53. The molecule has 0 bridgehead atoms. The Bertz CT molecular complexity index is 348. The van der Waals surface area contributed by atoms with Crippen molar-refractivity contribution in [1.29, 1.82) is 0 Å². The number of nitrogens with one attached hydrogen (secondary N) is 1. The molecule has 104 valence electrons. The summed E-state index contributed by atoms with van der Waals surface area (Å²) in [5.41, 5.74) is 5.35. The fourth-order valence-corrected chi connectivity index (χ4v) is 3.26. The van der Waals surface area contributed by atoms with E-state index < -0.39 is 5.54 Å². The largest absolute Gasteiger partial charge is 0.378 e. The number of amides is 1. The molecule has 4 heteroatoms. The van der Waals surface area contributed by atoms with Gasteiger partial charge in [0, 0.05) is 18.6 Å². The highest BCUT2D eigenvalue weighted by Crippen LogP contribution is 2.51. The molecule has 3 N–H and O–H groups in total. The van der Waals surface area contributed by atoms with Gasteiger partial charge in [-0.25, -0.2) is 0 Å². The number of hydrogen-bond donors (Lipinski definition) is 2. The lowest BCUT2D eigenvalue weighted by Crippen LogP contribution is -2.70. The highest BCUT2D eigenvalue weighted by atomic mass is 16.5. The first-order valence-corrected chi connectivity index (χ1v) is 6.90. The van der Waals surface area contributed by atoms with Gasteiger partial charge in [0.1, 0.15) is 0 Å². The van der Waals surface area contributed by atoms with Crippen LogP contribution in [-0.2, 0) is 9.53 Å². The highest BCUT2D eigenvalue weighted by Gasteiger charge is 2.58. The van der Waals surface area contributed by atoms with Crippen LogP contribution in [0.2, 0.25) is 0 Å². The molecule has 0 spiro atoms. The summed E-state index contributed by atoms with van der Waals surface area (Å²) in [5, 5.41) is 3.13. The number of methoxy groups -OCH3 is 1. The van der Waals surface area contributed by atoms with Crippen LogP contribution in [0.15, 0.2) is 0 Å². The van der Waals surface area contributed by atoms with Gasteiger partial charge in [-0.15, -0.1) is 0 Å². The van der Waals surface area contributed by atoms with Crippen LogP contribution in [0, 0.1) is 5.41 Å². The molecule has 1 amide bonds. The molecule has 0 aromatic heterocycles. The van der Waals surface area contributed by atoms with Gasteiger partial charge in [0.05, 0.1) is 11.1 Å². The van der Waals surface area contributed by atoms with E-state index in [-0.39, 0.29) is 23.0 Å². The summed E-state index contributed by atoms with van der Waals surface area (Å²) in [5.74, 6) is 0.0243. The van der Waals surface area contributed by atoms with Gasteiger partial charge < -0.3 is 15.8 Å². The predicted octanol–water partition coefficient (Wildman–Crippen LogP) is 1.58. The Morgan fingerprint density at radius 1 is 1.28 bits per heavy atom. The van der Waals surface area contributed by atoms with Crippen molar-refractivity contribution >= 4 is 5.91 Å². The molecule has 0 aromatic carbocycles. The number of hydrogen-bond acceptors (Lipinski definition) is 3. The first-order valence-electron chi connectivity index (χ1n) is 6.90. The Balaban J connectivity index is 1.98. The third kappa shape index (κ3) is 1.86. The molecule has 2 unspecified atom stereocenters. The number of carbonyl (C=O) groups is 1. The van der Waals surface area contributed by atoms with Gasteiger partial charge in [0.2, 0.25) is 5.91 Å². The third-order valence-electron chi connectivity index (χ3n) is 5.53. The van der Waals surface area contributed by atoms with Crippen LogP contribution in [0.25, 0.3) is 0 Å². The van der Waals surface area contributed by atoms with Gasteiger partial charge in [-0.2, -0.15) is 0 Å². The zero-order chi connectivity index (χ0) is 13.6. The van der Waals surface area contributed by atoms with Crippen LogP contribution in [0.1, 0.15) is 52.9 Å². The first kappa shape index (κ1) is 13.8. The zero-order valence-corrected chi connectivity index (χ0v) is 12.0. The van der Waals surface area contributed by atoms with Crippen molar-refractivity contribution in [2.24, 2.45) is 11.1 Å². The smallest absolute Gasteiger partial charge is 0.240 e. The van der Waals surface area contributed by atoms with E-state index in [0.717, 1.165) is 32.1 Å². The molecule has 2 fully saturated rings. The minimum atomic E-state index is -0.630. The Kier molecular flexibility index (Phi) is 3.23. The molecule has 0 aromatic rings. The monoisotopic (exact) mass is 254 g/mol. The van der Waals surface area contributed by atoms with Crippen LogP contribution >= 0.6 is 0 Å². The summed E-state index contributed by atoms with van der Waals surface area (Å²) < 4.78 is 5.57. The van der Waals surface area contributed by atoms with E-state index in [9.17, 15) is 4.79 Å². The molecule has 2 rings (SSSR count). The first-order chi connectivity index (χ1) is 8.25. The second-order valence-corrected chi connectivity index (χ2v) is 6.75. The van der Waals surface area contributed by atoms with Crippen molar-refractivity contribution in [1.82, 2.24) is 5.32 Å². The maximum absolute atomic E-state index is 12.3. The van der Waals surface area contributed by atoms with Crippen molar-refractivity contribution in [2.45, 2.75) is 70.1 Å². The molecule has 2 aliphatic carbocycles. The highest BCUT2D eigenvalue weighted by molar-refractivity contribution is 5.86. The standard InChI is InChI=1S/C14H26N2O2/c1-12(2)10(9-13(12,3)18-4)16-11(17)14(15)7-5-6-8-14/h10H,5-9,15H2,1-4H3,(H,16,17). The molecule has 2 saturated carbocycles. The Hall–Kier alpha value is -0.610. The minimum Gasteiger partial charge on any atom is -0.378 e. The molecule has 2 aliphatic rings. The maximum Gasteiger partial charge on any atom is 0.240 e. The summed E-state index contributed by atoms with van der Waals surface area (Å²) in [6.45, 7) is 6.38.